The number of amides is 1. The Kier molecular flexibility index (Phi) is 3.92. The highest BCUT2D eigenvalue weighted by molar-refractivity contribution is 9.11. The Labute approximate surface area is 139 Å². The molecule has 8 heteroatoms. The smallest absolute Gasteiger partial charge is 0.349 e. The zero-order chi connectivity index (χ0) is 15.0. The number of halogens is 2. The van der Waals surface area contributed by atoms with E-state index in [9.17, 15) is 9.59 Å². The second-order valence-electron chi connectivity index (χ2n) is 4.04. The van der Waals surface area contributed by atoms with E-state index in [1.807, 2.05) is 0 Å². The van der Waals surface area contributed by atoms with E-state index in [2.05, 4.69) is 42.2 Å². The third-order valence-electron chi connectivity index (χ3n) is 2.65. The molecule has 1 aromatic carbocycles. The number of rotatable bonds is 2. The number of aromatic nitrogens is 1. The summed E-state index contributed by atoms with van der Waals surface area (Å²) in [7, 11) is 0. The maximum Gasteiger partial charge on any atom is 0.349 e. The van der Waals surface area contributed by atoms with Gasteiger partial charge in [0.15, 0.2) is 10.7 Å². The van der Waals surface area contributed by atoms with Crippen LogP contribution in [0.2, 0.25) is 0 Å². The van der Waals surface area contributed by atoms with Crippen molar-refractivity contribution in [3.63, 3.8) is 0 Å². The molecule has 0 radical (unpaired) electrons. The Balaban J connectivity index is 2.08. The number of carbonyl (C=O) groups excluding carboxylic acids is 1. The van der Waals surface area contributed by atoms with Gasteiger partial charge in [0.25, 0.3) is 5.91 Å². The maximum absolute atomic E-state index is 12.1. The molecule has 0 aliphatic heterocycles. The summed E-state index contributed by atoms with van der Waals surface area (Å²) < 4.78 is 6.66. The summed E-state index contributed by atoms with van der Waals surface area (Å²) in [5.74, 6) is -0.545. The summed E-state index contributed by atoms with van der Waals surface area (Å²) >= 11 is 7.94. The predicted octanol–water partition coefficient (Wildman–Crippen LogP) is 4.03. The minimum absolute atomic E-state index is 0.0669. The fourth-order valence-corrected chi connectivity index (χ4v) is 3.63. The van der Waals surface area contributed by atoms with E-state index in [1.54, 1.807) is 23.7 Å². The van der Waals surface area contributed by atoms with Crippen LogP contribution in [0.15, 0.2) is 47.9 Å². The predicted molar refractivity (Wildman–Crippen MR) is 88.0 cm³/mol. The van der Waals surface area contributed by atoms with Gasteiger partial charge in [-0.1, -0.05) is 15.9 Å². The molecular weight excluding hydrogens is 424 g/mol. The Morgan fingerprint density at radius 3 is 2.81 bits per heavy atom. The monoisotopic (exact) mass is 428 g/mol. The third-order valence-corrected chi connectivity index (χ3v) is 4.38. The Morgan fingerprint density at radius 2 is 2.10 bits per heavy atom. The average Bonchev–Trinajstić information content (AvgIpc) is 2.91. The topological polar surface area (TPSA) is 72.2 Å². The van der Waals surface area contributed by atoms with Crippen LogP contribution in [0.1, 0.15) is 10.4 Å². The molecule has 2 aromatic heterocycles. The van der Waals surface area contributed by atoms with Crippen molar-refractivity contribution in [1.82, 2.24) is 4.98 Å². The van der Waals surface area contributed by atoms with Crippen molar-refractivity contribution in [2.75, 3.05) is 5.32 Å². The number of thiazole rings is 1. The normalized spacial score (nSPS) is 10.8. The number of carbonyl (C=O) groups is 1. The average molecular weight is 430 g/mol. The second kappa shape index (κ2) is 5.70. The molecule has 0 unspecified atom stereocenters. The van der Waals surface area contributed by atoms with E-state index < -0.39 is 11.5 Å². The maximum atomic E-state index is 12.1. The van der Waals surface area contributed by atoms with Gasteiger partial charge >= 0.3 is 5.63 Å². The van der Waals surface area contributed by atoms with E-state index in [1.165, 1.54) is 17.4 Å². The zero-order valence-electron chi connectivity index (χ0n) is 10.2. The first-order valence-corrected chi connectivity index (χ1v) is 8.15. The Morgan fingerprint density at radius 1 is 1.29 bits per heavy atom. The van der Waals surface area contributed by atoms with Gasteiger partial charge < -0.3 is 4.42 Å². The van der Waals surface area contributed by atoms with Crippen LogP contribution in [-0.4, -0.2) is 10.9 Å². The molecule has 0 aliphatic rings. The largest absolute Gasteiger partial charge is 0.421 e. The molecule has 2 heterocycles. The van der Waals surface area contributed by atoms with Crippen molar-refractivity contribution in [2.45, 2.75) is 0 Å². The van der Waals surface area contributed by atoms with Gasteiger partial charge in [0.05, 0.1) is 4.47 Å². The van der Waals surface area contributed by atoms with Crippen LogP contribution in [0.5, 0.6) is 0 Å². The summed E-state index contributed by atoms with van der Waals surface area (Å²) in [4.78, 5) is 28.0. The molecule has 0 aliphatic carbocycles. The number of hydrogen-bond donors (Lipinski definition) is 1. The lowest BCUT2D eigenvalue weighted by molar-refractivity contribution is 0.102. The molecule has 0 bridgehead atoms. The molecule has 106 valence electrons. The highest BCUT2D eigenvalue weighted by Gasteiger charge is 2.16. The number of hydrogen-bond acceptors (Lipinski definition) is 5. The summed E-state index contributed by atoms with van der Waals surface area (Å²) in [6.07, 6.45) is 1.57. The standard InChI is InChI=1S/C13H6Br2N2O3S/c14-7-3-6-4-8(11(18)17-13-16-1-2-21-13)12(19)20-10(6)9(15)5-7/h1-5H,(H,16,17,18). The molecule has 1 N–H and O–H groups in total. The lowest BCUT2D eigenvalue weighted by Crippen LogP contribution is -2.20. The molecule has 0 saturated heterocycles. The van der Waals surface area contributed by atoms with E-state index >= 15 is 0 Å². The number of benzene rings is 1. The lowest BCUT2D eigenvalue weighted by atomic mass is 10.2. The number of anilines is 1. The first kappa shape index (κ1) is 14.4. The molecule has 3 rings (SSSR count). The summed E-state index contributed by atoms with van der Waals surface area (Å²) in [5.41, 5.74) is -0.365. The zero-order valence-corrected chi connectivity index (χ0v) is 14.2. The van der Waals surface area contributed by atoms with Crippen molar-refractivity contribution < 1.29 is 9.21 Å². The van der Waals surface area contributed by atoms with Crippen LogP contribution in [0.3, 0.4) is 0 Å². The van der Waals surface area contributed by atoms with Crippen LogP contribution in [0.25, 0.3) is 11.0 Å². The van der Waals surface area contributed by atoms with Gasteiger partial charge in [0.2, 0.25) is 0 Å². The van der Waals surface area contributed by atoms with Crippen LogP contribution in [-0.2, 0) is 0 Å². The highest BCUT2D eigenvalue weighted by Crippen LogP contribution is 2.28. The van der Waals surface area contributed by atoms with Crippen LogP contribution in [0, 0.1) is 0 Å². The van der Waals surface area contributed by atoms with Gasteiger partial charge in [-0.05, 0) is 34.1 Å². The van der Waals surface area contributed by atoms with Gasteiger partial charge in [-0.25, -0.2) is 9.78 Å². The number of fused-ring (bicyclic) bond motifs is 1. The molecule has 3 aromatic rings. The Bertz CT molecular complexity index is 890. The minimum Gasteiger partial charge on any atom is -0.421 e. The fraction of sp³-hybridized carbons (Fsp3) is 0. The molecule has 0 saturated carbocycles. The summed E-state index contributed by atoms with van der Waals surface area (Å²) in [6.45, 7) is 0. The molecular formula is C13H6Br2N2O3S. The highest BCUT2D eigenvalue weighted by atomic mass is 79.9. The van der Waals surface area contributed by atoms with Crippen molar-refractivity contribution in [2.24, 2.45) is 0 Å². The molecule has 5 nitrogen and oxygen atoms in total. The molecule has 1 amide bonds. The van der Waals surface area contributed by atoms with E-state index in [0.29, 0.717) is 20.6 Å². The lowest BCUT2D eigenvalue weighted by Gasteiger charge is -2.04. The third kappa shape index (κ3) is 2.92. The van der Waals surface area contributed by atoms with Crippen molar-refractivity contribution in [3.8, 4) is 0 Å². The fourth-order valence-electron chi connectivity index (χ4n) is 1.77. The van der Waals surface area contributed by atoms with Gasteiger partial charge in [0.1, 0.15) is 5.56 Å². The number of nitrogens with one attached hydrogen (secondary N) is 1. The van der Waals surface area contributed by atoms with E-state index in [0.717, 1.165) is 4.47 Å². The first-order chi connectivity index (χ1) is 10.0. The van der Waals surface area contributed by atoms with E-state index in [-0.39, 0.29) is 5.56 Å². The summed E-state index contributed by atoms with van der Waals surface area (Å²) in [5, 5.41) is 5.35. The molecule has 0 atom stereocenters. The molecule has 0 fully saturated rings. The van der Waals surface area contributed by atoms with Crippen LogP contribution < -0.4 is 10.9 Å². The first-order valence-electron chi connectivity index (χ1n) is 5.68. The summed E-state index contributed by atoms with van der Waals surface area (Å²) in [6, 6.07) is 5.03. The van der Waals surface area contributed by atoms with Gasteiger partial charge in [-0.3, -0.25) is 10.1 Å². The van der Waals surface area contributed by atoms with Crippen LogP contribution in [0.4, 0.5) is 5.13 Å². The van der Waals surface area contributed by atoms with Gasteiger partial charge in [-0.2, -0.15) is 0 Å². The van der Waals surface area contributed by atoms with E-state index in [4.69, 9.17) is 4.42 Å². The Hall–Kier alpha value is -1.51. The SMILES string of the molecule is O=C(Nc1nccs1)c1cc2cc(Br)cc(Br)c2oc1=O. The van der Waals surface area contributed by atoms with Gasteiger partial charge in [0, 0.05) is 21.4 Å². The quantitative estimate of drug-likeness (QED) is 0.624. The molecule has 21 heavy (non-hydrogen) atoms. The second-order valence-corrected chi connectivity index (χ2v) is 6.71. The van der Waals surface area contributed by atoms with Gasteiger partial charge in [-0.15, -0.1) is 11.3 Å². The van der Waals surface area contributed by atoms with Crippen LogP contribution >= 0.6 is 43.2 Å². The van der Waals surface area contributed by atoms with Crippen molar-refractivity contribution in [1.29, 1.82) is 0 Å². The number of nitrogens with zero attached hydrogens (tertiary/aromatic N) is 1. The minimum atomic E-state index is -0.695. The van der Waals surface area contributed by atoms with Crippen molar-refractivity contribution in [3.05, 3.63) is 54.7 Å². The molecule has 0 spiro atoms. The van der Waals surface area contributed by atoms with Crippen molar-refractivity contribution >= 4 is 65.2 Å².